The van der Waals surface area contributed by atoms with Gasteiger partial charge in [0.1, 0.15) is 0 Å². The van der Waals surface area contributed by atoms with Crippen LogP contribution in [0.2, 0.25) is 20.1 Å². The molecular weight excluding hydrogens is 486 g/mol. The Hall–Kier alpha value is -0.560. The first-order valence-corrected chi connectivity index (χ1v) is 12.6. The van der Waals surface area contributed by atoms with Crippen LogP contribution in [0.3, 0.4) is 0 Å². The first kappa shape index (κ1) is 26.1. The number of rotatable bonds is 4. The molecule has 0 aromatic heterocycles. The molecule has 2 saturated heterocycles. The third-order valence-corrected chi connectivity index (χ3v) is 7.26. The zero-order valence-electron chi connectivity index (χ0n) is 18.3. The molecule has 2 aromatic carbocycles. The van der Waals surface area contributed by atoms with Crippen LogP contribution in [-0.2, 0) is 13.1 Å². The second-order valence-electron chi connectivity index (χ2n) is 8.70. The normalized spacial score (nSPS) is 18.9. The molecule has 0 saturated carbocycles. The molecule has 8 heteroatoms. The highest BCUT2D eigenvalue weighted by molar-refractivity contribution is 6.35. The van der Waals surface area contributed by atoms with Crippen molar-refractivity contribution in [1.82, 2.24) is 9.80 Å². The molecule has 2 heterocycles. The molecule has 0 bridgehead atoms. The van der Waals surface area contributed by atoms with Gasteiger partial charge in [-0.1, -0.05) is 58.5 Å². The first-order valence-electron chi connectivity index (χ1n) is 11.1. The minimum atomic E-state index is 0.372. The molecule has 2 aliphatic heterocycles. The zero-order chi connectivity index (χ0) is 23.1. The monoisotopic (exact) mass is 516 g/mol. The SMILES string of the molecule is NC1CCN(Cc2ccc(Cl)cc2Cl)CC1.NC1CCN(Cc2ccc(Cl)cc2Cl)CC1. The summed E-state index contributed by atoms with van der Waals surface area (Å²) in [5, 5.41) is 2.88. The number of benzene rings is 2. The lowest BCUT2D eigenvalue weighted by Gasteiger charge is -2.30. The lowest BCUT2D eigenvalue weighted by atomic mass is 10.1. The molecule has 0 unspecified atom stereocenters. The van der Waals surface area contributed by atoms with Gasteiger partial charge in [0.05, 0.1) is 0 Å². The van der Waals surface area contributed by atoms with Crippen molar-refractivity contribution in [2.45, 2.75) is 50.9 Å². The fraction of sp³-hybridized carbons (Fsp3) is 0.500. The van der Waals surface area contributed by atoms with E-state index in [1.54, 1.807) is 12.1 Å². The largest absolute Gasteiger partial charge is 0.328 e. The van der Waals surface area contributed by atoms with E-state index < -0.39 is 0 Å². The number of nitrogens with zero attached hydrogens (tertiary/aromatic N) is 2. The number of halogens is 4. The van der Waals surface area contributed by atoms with Crippen LogP contribution in [0.25, 0.3) is 0 Å². The van der Waals surface area contributed by atoms with E-state index in [-0.39, 0.29) is 0 Å². The Morgan fingerprint density at radius 2 is 0.969 bits per heavy atom. The third kappa shape index (κ3) is 8.34. The maximum atomic E-state index is 6.14. The average molecular weight is 518 g/mol. The van der Waals surface area contributed by atoms with Crippen molar-refractivity contribution >= 4 is 46.4 Å². The van der Waals surface area contributed by atoms with E-state index in [4.69, 9.17) is 57.9 Å². The van der Waals surface area contributed by atoms with Gasteiger partial charge in [-0.15, -0.1) is 0 Å². The summed E-state index contributed by atoms with van der Waals surface area (Å²) in [6, 6.07) is 12.1. The van der Waals surface area contributed by atoms with Gasteiger partial charge < -0.3 is 11.5 Å². The van der Waals surface area contributed by atoms with E-state index in [2.05, 4.69) is 9.80 Å². The van der Waals surface area contributed by atoms with E-state index >= 15 is 0 Å². The van der Waals surface area contributed by atoms with Crippen LogP contribution < -0.4 is 11.5 Å². The fourth-order valence-corrected chi connectivity index (χ4v) is 4.94. The molecule has 4 N–H and O–H groups in total. The van der Waals surface area contributed by atoms with E-state index in [1.165, 1.54) is 0 Å². The van der Waals surface area contributed by atoms with E-state index in [1.807, 2.05) is 24.3 Å². The van der Waals surface area contributed by atoms with Crippen molar-refractivity contribution in [3.05, 3.63) is 67.6 Å². The Kier molecular flexibility index (Phi) is 10.4. The van der Waals surface area contributed by atoms with Crippen molar-refractivity contribution in [1.29, 1.82) is 0 Å². The van der Waals surface area contributed by atoms with Crippen LogP contribution in [-0.4, -0.2) is 48.1 Å². The summed E-state index contributed by atoms with van der Waals surface area (Å²) >= 11 is 24.0. The molecule has 0 amide bonds. The standard InChI is InChI=1S/2C12H16Cl2N2/c2*13-10-2-1-9(12(14)7-10)8-16-5-3-11(15)4-6-16/h2*1-2,7,11H,3-6,8,15H2. The summed E-state index contributed by atoms with van der Waals surface area (Å²) in [6.45, 7) is 6.01. The van der Waals surface area contributed by atoms with Crippen LogP contribution in [0, 0.1) is 0 Å². The summed E-state index contributed by atoms with van der Waals surface area (Å²) in [5.74, 6) is 0. The first-order chi connectivity index (χ1) is 15.3. The second-order valence-corrected chi connectivity index (χ2v) is 10.4. The lowest BCUT2D eigenvalue weighted by Crippen LogP contribution is -2.39. The summed E-state index contributed by atoms with van der Waals surface area (Å²) in [5.41, 5.74) is 14.0. The van der Waals surface area contributed by atoms with Gasteiger partial charge in [-0.2, -0.15) is 0 Å². The van der Waals surface area contributed by atoms with Crippen LogP contribution in [0.5, 0.6) is 0 Å². The summed E-state index contributed by atoms with van der Waals surface area (Å²) < 4.78 is 0. The van der Waals surface area contributed by atoms with Gasteiger partial charge in [0.15, 0.2) is 0 Å². The number of hydrogen-bond donors (Lipinski definition) is 2. The minimum absolute atomic E-state index is 0.372. The summed E-state index contributed by atoms with van der Waals surface area (Å²) in [6.07, 6.45) is 4.30. The predicted molar refractivity (Wildman–Crippen MR) is 138 cm³/mol. The van der Waals surface area contributed by atoms with Gasteiger partial charge in [0.25, 0.3) is 0 Å². The Balaban J connectivity index is 0.000000181. The van der Waals surface area contributed by atoms with Gasteiger partial charge in [0.2, 0.25) is 0 Å². The van der Waals surface area contributed by atoms with Gasteiger partial charge in [-0.25, -0.2) is 0 Å². The molecular formula is C24H32Cl4N4. The highest BCUT2D eigenvalue weighted by Gasteiger charge is 2.17. The molecule has 0 aliphatic carbocycles. The van der Waals surface area contributed by atoms with Crippen LogP contribution in [0.4, 0.5) is 0 Å². The molecule has 176 valence electrons. The molecule has 32 heavy (non-hydrogen) atoms. The van der Waals surface area contributed by atoms with Crippen LogP contribution >= 0.6 is 46.4 Å². The molecule has 0 atom stereocenters. The third-order valence-electron chi connectivity index (χ3n) is 6.08. The molecule has 2 aromatic rings. The molecule has 0 radical (unpaired) electrons. The Morgan fingerprint density at radius 1 is 0.625 bits per heavy atom. The summed E-state index contributed by atoms with van der Waals surface area (Å²) in [7, 11) is 0. The zero-order valence-corrected chi connectivity index (χ0v) is 21.3. The average Bonchev–Trinajstić information content (AvgIpc) is 2.76. The van der Waals surface area contributed by atoms with E-state index in [0.717, 1.165) is 86.1 Å². The topological polar surface area (TPSA) is 58.5 Å². The minimum Gasteiger partial charge on any atom is -0.328 e. The van der Waals surface area contributed by atoms with Gasteiger partial charge in [-0.05, 0) is 87.3 Å². The van der Waals surface area contributed by atoms with Crippen LogP contribution in [0.1, 0.15) is 36.8 Å². The maximum absolute atomic E-state index is 6.14. The molecule has 4 nitrogen and oxygen atoms in total. The van der Waals surface area contributed by atoms with Gasteiger partial charge in [0, 0.05) is 45.3 Å². The molecule has 2 fully saturated rings. The Labute approximate surface area is 211 Å². The smallest absolute Gasteiger partial charge is 0.0465 e. The van der Waals surface area contributed by atoms with Gasteiger partial charge >= 0.3 is 0 Å². The second kappa shape index (κ2) is 12.8. The quantitative estimate of drug-likeness (QED) is 0.535. The summed E-state index contributed by atoms with van der Waals surface area (Å²) in [4.78, 5) is 4.77. The maximum Gasteiger partial charge on any atom is 0.0465 e. The van der Waals surface area contributed by atoms with E-state index in [0.29, 0.717) is 22.1 Å². The highest BCUT2D eigenvalue weighted by atomic mass is 35.5. The predicted octanol–water partition coefficient (Wildman–Crippen LogP) is 5.83. The Bertz CT molecular complexity index is 792. The fourth-order valence-electron chi connectivity index (χ4n) is 4.00. The van der Waals surface area contributed by atoms with Crippen molar-refractivity contribution in [2.75, 3.05) is 26.2 Å². The van der Waals surface area contributed by atoms with Crippen molar-refractivity contribution in [2.24, 2.45) is 11.5 Å². The highest BCUT2D eigenvalue weighted by Crippen LogP contribution is 2.24. The van der Waals surface area contributed by atoms with Crippen molar-refractivity contribution in [3.63, 3.8) is 0 Å². The number of piperidine rings is 2. The molecule has 4 rings (SSSR count). The van der Waals surface area contributed by atoms with E-state index in [9.17, 15) is 0 Å². The number of hydrogen-bond acceptors (Lipinski definition) is 4. The van der Waals surface area contributed by atoms with Gasteiger partial charge in [-0.3, -0.25) is 9.80 Å². The Morgan fingerprint density at radius 3 is 1.28 bits per heavy atom. The number of nitrogens with two attached hydrogens (primary N) is 2. The van der Waals surface area contributed by atoms with Crippen molar-refractivity contribution in [3.8, 4) is 0 Å². The lowest BCUT2D eigenvalue weighted by molar-refractivity contribution is 0.205. The van der Waals surface area contributed by atoms with Crippen LogP contribution in [0.15, 0.2) is 36.4 Å². The molecule has 0 spiro atoms. The molecule has 2 aliphatic rings. The van der Waals surface area contributed by atoms with Crippen molar-refractivity contribution < 1.29 is 0 Å². The number of likely N-dealkylation sites (tertiary alicyclic amines) is 2.